The molecule has 8 nitrogen and oxygen atoms in total. The number of aromatic hydroxyl groups is 1. The first-order valence-corrected chi connectivity index (χ1v) is 20.8. The van der Waals surface area contributed by atoms with Crippen LogP contribution in [0.1, 0.15) is 39.9 Å². The van der Waals surface area contributed by atoms with E-state index in [1.165, 1.54) is 18.4 Å². The Kier molecular flexibility index (Phi) is 10.3. The molecule has 6 rings (SSSR count). The fourth-order valence-electron chi connectivity index (χ4n) is 6.51. The number of benzene rings is 5. The molecule has 0 fully saturated rings. The van der Waals surface area contributed by atoms with Gasteiger partial charge in [0.15, 0.2) is 9.84 Å². The van der Waals surface area contributed by atoms with Gasteiger partial charge in [0.25, 0.3) is 5.91 Å². The lowest BCUT2D eigenvalue weighted by Gasteiger charge is -2.24. The number of nitrogens with zero attached hydrogens (tertiary/aromatic N) is 2. The van der Waals surface area contributed by atoms with Crippen LogP contribution in [0, 0.1) is 6.92 Å². The van der Waals surface area contributed by atoms with E-state index < -0.39 is 19.7 Å². The van der Waals surface area contributed by atoms with E-state index in [4.69, 9.17) is 0 Å². The second-order valence-corrected chi connectivity index (χ2v) is 17.5. The maximum Gasteiger partial charge on any atom is 0.258 e. The van der Waals surface area contributed by atoms with Gasteiger partial charge in [-0.3, -0.25) is 9.78 Å². The lowest BCUT2D eigenvalue weighted by atomic mass is 9.93. The third kappa shape index (κ3) is 8.25. The van der Waals surface area contributed by atoms with Gasteiger partial charge in [-0.25, -0.2) is 16.8 Å². The van der Waals surface area contributed by atoms with Crippen LogP contribution in [0.4, 0.5) is 5.69 Å². The zero-order valence-corrected chi connectivity index (χ0v) is 31.1. The highest BCUT2D eigenvalue weighted by molar-refractivity contribution is 7.91. The molecule has 1 unspecified atom stereocenters. The van der Waals surface area contributed by atoms with Crippen LogP contribution in [0.25, 0.3) is 33.2 Å². The van der Waals surface area contributed by atoms with Gasteiger partial charge in [-0.1, -0.05) is 61.5 Å². The monoisotopic (exact) mass is 732 g/mol. The lowest BCUT2D eigenvalue weighted by Crippen LogP contribution is -2.33. The van der Waals surface area contributed by atoms with Gasteiger partial charge in [0.1, 0.15) is 15.6 Å². The van der Waals surface area contributed by atoms with Crippen molar-refractivity contribution >= 4 is 42.2 Å². The van der Waals surface area contributed by atoms with Crippen molar-refractivity contribution in [3.8, 4) is 28.0 Å². The number of amides is 1. The Hall–Kier alpha value is -5.32. The Bertz CT molecular complexity index is 2500. The molecule has 1 atom stereocenters. The van der Waals surface area contributed by atoms with Crippen molar-refractivity contribution in [2.24, 2.45) is 0 Å². The average Bonchev–Trinajstić information content (AvgIpc) is 3.11. The summed E-state index contributed by atoms with van der Waals surface area (Å²) >= 11 is 0. The van der Waals surface area contributed by atoms with E-state index in [1.54, 1.807) is 47.5 Å². The molecule has 1 heterocycles. The third-order valence-corrected chi connectivity index (χ3v) is 11.5. The van der Waals surface area contributed by atoms with E-state index in [1.807, 2.05) is 74.5 Å². The van der Waals surface area contributed by atoms with Crippen LogP contribution >= 0.6 is 0 Å². The van der Waals surface area contributed by atoms with Crippen molar-refractivity contribution in [3.05, 3.63) is 144 Å². The van der Waals surface area contributed by atoms with Gasteiger partial charge in [0, 0.05) is 47.5 Å². The molecule has 0 bridgehead atoms. The van der Waals surface area contributed by atoms with Crippen molar-refractivity contribution in [2.75, 3.05) is 29.7 Å². The maximum absolute atomic E-state index is 14.2. The number of carbonyl (C=O) groups excluding carboxylic acids is 1. The molecule has 0 aliphatic carbocycles. The molecule has 1 amide bonds. The number of phenols is 1. The highest BCUT2D eigenvalue weighted by Gasteiger charge is 2.21. The van der Waals surface area contributed by atoms with Gasteiger partial charge in [0.2, 0.25) is 0 Å². The van der Waals surface area contributed by atoms with Crippen LogP contribution in [0.3, 0.4) is 0 Å². The number of aromatic nitrogens is 1. The number of hydrogen-bond acceptors (Lipinski definition) is 7. The number of hydrogen-bond donors (Lipinski definition) is 1. The average molecular weight is 733 g/mol. The first-order valence-electron chi connectivity index (χ1n) is 16.8. The van der Waals surface area contributed by atoms with Crippen LogP contribution in [0.5, 0.6) is 5.75 Å². The molecule has 10 heteroatoms. The van der Waals surface area contributed by atoms with Crippen molar-refractivity contribution < 1.29 is 26.7 Å². The molecule has 1 aromatic heterocycles. The van der Waals surface area contributed by atoms with Crippen molar-refractivity contribution in [1.82, 2.24) is 4.98 Å². The smallest absolute Gasteiger partial charge is 0.258 e. The van der Waals surface area contributed by atoms with E-state index in [-0.39, 0.29) is 28.2 Å². The van der Waals surface area contributed by atoms with Crippen LogP contribution in [-0.2, 0) is 26.1 Å². The van der Waals surface area contributed by atoms with Gasteiger partial charge in [-0.2, -0.15) is 0 Å². The minimum Gasteiger partial charge on any atom is -0.508 e. The number of rotatable bonds is 11. The fourth-order valence-corrected chi connectivity index (χ4v) is 8.24. The van der Waals surface area contributed by atoms with Gasteiger partial charge in [-0.05, 0) is 113 Å². The second kappa shape index (κ2) is 14.7. The summed E-state index contributed by atoms with van der Waals surface area (Å²) in [5, 5.41) is 11.1. The molecule has 0 spiro atoms. The molecule has 0 aliphatic rings. The second-order valence-electron chi connectivity index (χ2n) is 13.3. The molecule has 1 N–H and O–H groups in total. The van der Waals surface area contributed by atoms with E-state index in [0.717, 1.165) is 56.1 Å². The van der Waals surface area contributed by atoms with Gasteiger partial charge >= 0.3 is 0 Å². The summed E-state index contributed by atoms with van der Waals surface area (Å²) in [6.45, 7) is 4.06. The molecule has 266 valence electrons. The van der Waals surface area contributed by atoms with Gasteiger partial charge < -0.3 is 10.0 Å². The highest BCUT2D eigenvalue weighted by Crippen LogP contribution is 2.33. The minimum absolute atomic E-state index is 0.0332. The summed E-state index contributed by atoms with van der Waals surface area (Å²) in [5.74, 6) is -0.228. The van der Waals surface area contributed by atoms with Crippen molar-refractivity contribution in [1.29, 1.82) is 0 Å². The summed E-state index contributed by atoms with van der Waals surface area (Å²) in [5.41, 5.74) is 7.99. The van der Waals surface area contributed by atoms with Crippen LogP contribution in [0.2, 0.25) is 0 Å². The zero-order valence-electron chi connectivity index (χ0n) is 29.4. The van der Waals surface area contributed by atoms with Crippen molar-refractivity contribution in [3.63, 3.8) is 0 Å². The van der Waals surface area contributed by atoms with Gasteiger partial charge in [0.05, 0.1) is 16.2 Å². The largest absolute Gasteiger partial charge is 0.508 e. The van der Waals surface area contributed by atoms with E-state index in [0.29, 0.717) is 24.2 Å². The number of carbonyl (C=O) groups is 1. The quantitative estimate of drug-likeness (QED) is 0.143. The number of anilines is 1. The zero-order chi connectivity index (χ0) is 37.2. The summed E-state index contributed by atoms with van der Waals surface area (Å²) in [4.78, 5) is 20.6. The fraction of sp³-hybridized carbons (Fsp3) is 0.190. The molecule has 0 saturated carbocycles. The van der Waals surface area contributed by atoms with E-state index in [9.17, 15) is 26.7 Å². The molecule has 52 heavy (non-hydrogen) atoms. The molecular formula is C42H40N2O6S2. The number of fused-ring (bicyclic) bond motifs is 1. The van der Waals surface area contributed by atoms with Crippen molar-refractivity contribution in [2.45, 2.75) is 31.1 Å². The minimum atomic E-state index is -3.43. The Labute approximate surface area is 305 Å². The predicted molar refractivity (Wildman–Crippen MR) is 209 cm³/mol. The molecule has 0 aliphatic heterocycles. The molecule has 5 aromatic carbocycles. The van der Waals surface area contributed by atoms with Gasteiger partial charge in [-0.15, -0.1) is 0 Å². The van der Waals surface area contributed by atoms with Crippen LogP contribution in [-0.4, -0.2) is 57.6 Å². The summed E-state index contributed by atoms with van der Waals surface area (Å²) in [6.07, 6.45) is 4.63. The van der Waals surface area contributed by atoms with E-state index in [2.05, 4.69) is 11.1 Å². The summed E-state index contributed by atoms with van der Waals surface area (Å²) in [7, 11) is -6.62. The standard InChI is InChI=1S/C42H40N2O6S2/c1-28(27-51(3,47)48)35-25-34-10-7-22-43-41(34)39(26-35)33-9-5-8-30(24-33)21-23-44(36-17-19-37(20-18-36)52(4,49)50)42(46)32-15-13-31(14-16-32)38-11-6-12-40(45)29(38)2/h5-20,22,24-26,28,45H,21,23,27H2,1-4H3. The molecule has 6 aromatic rings. The third-order valence-electron chi connectivity index (χ3n) is 9.28. The number of pyridine rings is 1. The highest BCUT2D eigenvalue weighted by atomic mass is 32.2. The molecule has 0 radical (unpaired) electrons. The molecular weight excluding hydrogens is 693 g/mol. The number of phenolic OH excluding ortho intramolecular Hbond substituents is 1. The maximum atomic E-state index is 14.2. The topological polar surface area (TPSA) is 122 Å². The Morgan fingerprint density at radius 2 is 1.50 bits per heavy atom. The summed E-state index contributed by atoms with van der Waals surface area (Å²) in [6, 6.07) is 34.8. The van der Waals surface area contributed by atoms with Crippen LogP contribution < -0.4 is 4.90 Å². The normalized spacial score (nSPS) is 12.5. The SMILES string of the molecule is Cc1c(O)cccc1-c1ccc(C(=O)N(CCc2cccc(-c3cc(C(C)CS(C)(=O)=O)cc4cccnc34)c2)c2ccc(S(C)(=O)=O)cc2)cc1. The first-order chi connectivity index (χ1) is 24.7. The van der Waals surface area contributed by atoms with E-state index >= 15 is 0 Å². The predicted octanol–water partition coefficient (Wildman–Crippen LogP) is 8.02. The Morgan fingerprint density at radius 3 is 2.19 bits per heavy atom. The van der Waals surface area contributed by atoms with Crippen LogP contribution in [0.15, 0.2) is 126 Å². The number of sulfone groups is 2. The Balaban J connectivity index is 1.32. The Morgan fingerprint density at radius 1 is 0.788 bits per heavy atom. The lowest BCUT2D eigenvalue weighted by molar-refractivity contribution is 0.0987. The molecule has 0 saturated heterocycles. The first kappa shape index (κ1) is 36.5. The summed E-state index contributed by atoms with van der Waals surface area (Å²) < 4.78 is 48.6.